The molecule has 0 bridgehead atoms. The number of carbonyl (C=O) groups is 1. The van der Waals surface area contributed by atoms with E-state index in [1.165, 1.54) is 5.56 Å². The number of nitrogens with zero attached hydrogens (tertiary/aromatic N) is 1. The van der Waals surface area contributed by atoms with Gasteiger partial charge in [-0.1, -0.05) is 37.3 Å². The summed E-state index contributed by atoms with van der Waals surface area (Å²) < 4.78 is 0. The Bertz CT molecular complexity index is 437. The van der Waals surface area contributed by atoms with Crippen molar-refractivity contribution in [3.05, 3.63) is 35.9 Å². The van der Waals surface area contributed by atoms with Gasteiger partial charge in [-0.15, -0.1) is 0 Å². The molecule has 3 rings (SSSR count). The molecule has 0 spiro atoms. The summed E-state index contributed by atoms with van der Waals surface area (Å²) in [5.74, 6) is 1.29. The zero-order valence-corrected chi connectivity index (χ0v) is 11.5. The normalized spacial score (nSPS) is 27.1. The predicted molar refractivity (Wildman–Crippen MR) is 76.1 cm³/mol. The number of carbonyl (C=O) groups excluding carboxylic acids is 1. The molecule has 1 aromatic rings. The summed E-state index contributed by atoms with van der Waals surface area (Å²) in [5.41, 5.74) is 1.35. The number of hydrogen-bond acceptors (Lipinski definition) is 1. The summed E-state index contributed by atoms with van der Waals surface area (Å²) in [6, 6.07) is 11.0. The summed E-state index contributed by atoms with van der Waals surface area (Å²) >= 11 is 0. The minimum absolute atomic E-state index is 0.135. The number of likely N-dealkylation sites (tertiary alicyclic amines) is 1. The van der Waals surface area contributed by atoms with Crippen molar-refractivity contribution in [2.24, 2.45) is 5.92 Å². The molecule has 2 atom stereocenters. The third-order valence-electron chi connectivity index (χ3n) is 4.40. The first-order valence-corrected chi connectivity index (χ1v) is 7.34. The zero-order chi connectivity index (χ0) is 13.2. The van der Waals surface area contributed by atoms with Gasteiger partial charge in [-0.2, -0.15) is 0 Å². The van der Waals surface area contributed by atoms with Gasteiger partial charge in [0.25, 0.3) is 0 Å². The Morgan fingerprint density at radius 3 is 2.58 bits per heavy atom. The van der Waals surface area contributed by atoms with Gasteiger partial charge in [-0.05, 0) is 30.7 Å². The van der Waals surface area contributed by atoms with E-state index in [0.29, 0.717) is 12.0 Å². The Kier molecular flexibility index (Phi) is 3.45. The van der Waals surface area contributed by atoms with E-state index in [1.807, 2.05) is 11.0 Å². The lowest BCUT2D eigenvalue weighted by Gasteiger charge is -2.30. The van der Waals surface area contributed by atoms with Crippen LogP contribution in [0.5, 0.6) is 0 Å². The monoisotopic (exact) mass is 258 g/mol. The first kappa shape index (κ1) is 12.5. The number of benzene rings is 1. The smallest absolute Gasteiger partial charge is 0.317 e. The molecule has 19 heavy (non-hydrogen) atoms. The van der Waals surface area contributed by atoms with E-state index in [1.54, 1.807) is 0 Å². The molecule has 2 amide bonds. The van der Waals surface area contributed by atoms with E-state index in [9.17, 15) is 4.79 Å². The molecule has 1 heterocycles. The van der Waals surface area contributed by atoms with Crippen LogP contribution in [-0.2, 0) is 0 Å². The maximum absolute atomic E-state index is 12.1. The lowest BCUT2D eigenvalue weighted by Crippen LogP contribution is -2.45. The van der Waals surface area contributed by atoms with Gasteiger partial charge in [-0.25, -0.2) is 4.79 Å². The molecular weight excluding hydrogens is 236 g/mol. The summed E-state index contributed by atoms with van der Waals surface area (Å²) in [6.07, 6.45) is 3.36. The molecule has 3 heteroatoms. The van der Waals surface area contributed by atoms with E-state index >= 15 is 0 Å². The lowest BCUT2D eigenvalue weighted by atomic mass is 10.00. The van der Waals surface area contributed by atoms with Gasteiger partial charge in [0.15, 0.2) is 0 Å². The van der Waals surface area contributed by atoms with Crippen molar-refractivity contribution in [1.29, 1.82) is 0 Å². The average Bonchev–Trinajstić information content (AvgIpc) is 3.20. The van der Waals surface area contributed by atoms with Gasteiger partial charge >= 0.3 is 6.03 Å². The van der Waals surface area contributed by atoms with Crippen LogP contribution in [-0.4, -0.2) is 30.1 Å². The SMILES string of the molecule is CC1CCN(C(=O)NC2CC2c2ccccc2)CC1. The minimum Gasteiger partial charge on any atom is -0.335 e. The lowest BCUT2D eigenvalue weighted by molar-refractivity contribution is 0.173. The maximum atomic E-state index is 12.1. The van der Waals surface area contributed by atoms with E-state index < -0.39 is 0 Å². The van der Waals surface area contributed by atoms with Gasteiger partial charge in [-0.3, -0.25) is 0 Å². The molecule has 0 radical (unpaired) electrons. The van der Waals surface area contributed by atoms with E-state index in [-0.39, 0.29) is 6.03 Å². The second kappa shape index (κ2) is 5.24. The van der Waals surface area contributed by atoms with Crippen LogP contribution in [0.1, 0.15) is 37.7 Å². The largest absolute Gasteiger partial charge is 0.335 e. The molecule has 2 aliphatic rings. The Balaban J connectivity index is 1.49. The Labute approximate surface area is 115 Å². The molecule has 1 saturated heterocycles. The summed E-state index contributed by atoms with van der Waals surface area (Å²) in [7, 11) is 0. The number of piperidine rings is 1. The highest BCUT2D eigenvalue weighted by Crippen LogP contribution is 2.40. The summed E-state index contributed by atoms with van der Waals surface area (Å²) in [6.45, 7) is 4.09. The van der Waals surface area contributed by atoms with Crippen molar-refractivity contribution in [1.82, 2.24) is 10.2 Å². The van der Waals surface area contributed by atoms with Crippen LogP contribution in [0.15, 0.2) is 30.3 Å². The number of hydrogen-bond donors (Lipinski definition) is 1. The van der Waals surface area contributed by atoms with Gasteiger partial charge in [0.05, 0.1) is 0 Å². The summed E-state index contributed by atoms with van der Waals surface area (Å²) in [4.78, 5) is 14.1. The molecule has 3 nitrogen and oxygen atoms in total. The number of amides is 2. The van der Waals surface area contributed by atoms with Crippen molar-refractivity contribution in [3.8, 4) is 0 Å². The first-order valence-electron chi connectivity index (χ1n) is 7.34. The maximum Gasteiger partial charge on any atom is 0.317 e. The molecule has 0 aromatic heterocycles. The molecule has 1 aliphatic carbocycles. The Hall–Kier alpha value is -1.51. The van der Waals surface area contributed by atoms with Crippen molar-refractivity contribution in [2.75, 3.05) is 13.1 Å². The zero-order valence-electron chi connectivity index (χ0n) is 11.5. The third kappa shape index (κ3) is 2.91. The second-order valence-corrected chi connectivity index (χ2v) is 5.98. The van der Waals surface area contributed by atoms with Gasteiger partial charge < -0.3 is 10.2 Å². The predicted octanol–water partition coefficient (Wildman–Crippen LogP) is 2.98. The molecule has 2 unspecified atom stereocenters. The van der Waals surface area contributed by atoms with Crippen molar-refractivity contribution >= 4 is 6.03 Å². The highest BCUT2D eigenvalue weighted by atomic mass is 16.2. The number of nitrogens with one attached hydrogen (secondary N) is 1. The first-order chi connectivity index (χ1) is 9.24. The van der Waals surface area contributed by atoms with Crippen LogP contribution in [0, 0.1) is 5.92 Å². The minimum atomic E-state index is 0.135. The quantitative estimate of drug-likeness (QED) is 0.869. The van der Waals surface area contributed by atoms with E-state index in [2.05, 4.69) is 36.5 Å². The third-order valence-corrected chi connectivity index (χ3v) is 4.40. The van der Waals surface area contributed by atoms with Gasteiger partial charge in [0, 0.05) is 25.0 Å². The standard InChI is InChI=1S/C16H22N2O/c1-12-7-9-18(10-8-12)16(19)17-15-11-14(15)13-5-3-2-4-6-13/h2-6,12,14-15H,7-11H2,1H3,(H,17,19). The van der Waals surface area contributed by atoms with E-state index in [4.69, 9.17) is 0 Å². The molecule has 1 aromatic carbocycles. The molecular formula is C16H22N2O. The van der Waals surface area contributed by atoms with Gasteiger partial charge in [0.1, 0.15) is 0 Å². The van der Waals surface area contributed by atoms with Crippen LogP contribution in [0.25, 0.3) is 0 Å². The van der Waals surface area contributed by atoms with Crippen LogP contribution in [0.2, 0.25) is 0 Å². The molecule has 2 fully saturated rings. The Morgan fingerprint density at radius 1 is 1.21 bits per heavy atom. The number of urea groups is 1. The van der Waals surface area contributed by atoms with Crippen LogP contribution in [0.3, 0.4) is 0 Å². The average molecular weight is 258 g/mol. The molecule has 1 aliphatic heterocycles. The topological polar surface area (TPSA) is 32.3 Å². The molecule has 102 valence electrons. The summed E-state index contributed by atoms with van der Waals surface area (Å²) in [5, 5.41) is 3.17. The fourth-order valence-corrected chi connectivity index (χ4v) is 2.88. The Morgan fingerprint density at radius 2 is 1.89 bits per heavy atom. The van der Waals surface area contributed by atoms with Crippen LogP contribution >= 0.6 is 0 Å². The van der Waals surface area contributed by atoms with Gasteiger partial charge in [0.2, 0.25) is 0 Å². The molecule has 1 saturated carbocycles. The highest BCUT2D eigenvalue weighted by Gasteiger charge is 2.40. The highest BCUT2D eigenvalue weighted by molar-refractivity contribution is 5.75. The van der Waals surface area contributed by atoms with E-state index in [0.717, 1.165) is 38.3 Å². The van der Waals surface area contributed by atoms with Crippen LogP contribution in [0.4, 0.5) is 4.79 Å². The fraction of sp³-hybridized carbons (Fsp3) is 0.562. The van der Waals surface area contributed by atoms with Crippen molar-refractivity contribution < 1.29 is 4.79 Å². The van der Waals surface area contributed by atoms with Crippen LogP contribution < -0.4 is 5.32 Å². The van der Waals surface area contributed by atoms with Crippen molar-refractivity contribution in [2.45, 2.75) is 38.1 Å². The molecule has 1 N–H and O–H groups in total. The number of rotatable bonds is 2. The van der Waals surface area contributed by atoms with Crippen molar-refractivity contribution in [3.63, 3.8) is 0 Å². The fourth-order valence-electron chi connectivity index (χ4n) is 2.88. The second-order valence-electron chi connectivity index (χ2n) is 5.98.